The molecule has 0 unspecified atom stereocenters. The van der Waals surface area contributed by atoms with E-state index in [4.69, 9.17) is 13.6 Å². The molecule has 0 saturated heterocycles. The summed E-state index contributed by atoms with van der Waals surface area (Å²) in [4.78, 5) is 0. The second kappa shape index (κ2) is 7.59. The van der Waals surface area contributed by atoms with Gasteiger partial charge in [0.05, 0.1) is 6.61 Å². The third-order valence-corrected chi connectivity index (χ3v) is 7.02. The first kappa shape index (κ1) is 14.3. The minimum absolute atomic E-state index is 0.636. The van der Waals surface area contributed by atoms with Gasteiger partial charge in [-0.1, -0.05) is 27.4 Å². The molecule has 0 aliphatic carbocycles. The Labute approximate surface area is 95.3 Å². The van der Waals surface area contributed by atoms with Crippen molar-refractivity contribution in [2.24, 2.45) is 0 Å². The molecule has 0 N–H and O–H groups in total. The number of ether oxygens (including phenoxy) is 1. The molecule has 0 radical (unpaired) electrons. The number of hydrogen-bond donors (Lipinski definition) is 0. The smallest absolute Gasteiger partial charge is 0.390 e. The van der Waals surface area contributed by atoms with E-state index < -0.39 is 7.18 Å². The molecule has 0 fully saturated rings. The molecule has 0 bridgehead atoms. The predicted octanol–water partition coefficient (Wildman–Crippen LogP) is 2.60. The van der Waals surface area contributed by atoms with Crippen LogP contribution in [0.2, 0.25) is 6.04 Å². The predicted molar refractivity (Wildman–Crippen MR) is 63.8 cm³/mol. The standard InChI is InChI=1S/C9H19BrO3Si/c1-9(2)8-13-6-5-7-14(10,11-3)12-4/h1,5-8H2,2-4H3. The van der Waals surface area contributed by atoms with Gasteiger partial charge in [0.2, 0.25) is 0 Å². The summed E-state index contributed by atoms with van der Waals surface area (Å²) in [5, 5.41) is 0. The van der Waals surface area contributed by atoms with Crippen molar-refractivity contribution in [1.29, 1.82) is 0 Å². The van der Waals surface area contributed by atoms with Crippen LogP contribution in [0, 0.1) is 0 Å². The van der Waals surface area contributed by atoms with Crippen LogP contribution in [0.25, 0.3) is 0 Å². The molecule has 0 amide bonds. The summed E-state index contributed by atoms with van der Waals surface area (Å²) < 4.78 is 15.9. The molecule has 0 spiro atoms. The first-order valence-electron chi connectivity index (χ1n) is 4.55. The second-order valence-electron chi connectivity index (χ2n) is 3.18. The Bertz CT molecular complexity index is 171. The summed E-state index contributed by atoms with van der Waals surface area (Å²) in [6.07, 6.45) is 0.937. The van der Waals surface area contributed by atoms with Crippen molar-refractivity contribution < 1.29 is 13.6 Å². The Kier molecular flexibility index (Phi) is 7.76. The Balaban J connectivity index is 3.47. The van der Waals surface area contributed by atoms with Gasteiger partial charge in [-0.2, -0.15) is 0 Å². The van der Waals surface area contributed by atoms with Gasteiger partial charge in [-0.15, -0.1) is 0 Å². The molecule has 0 aromatic carbocycles. The Hall–Kier alpha value is 0.317. The van der Waals surface area contributed by atoms with E-state index >= 15 is 0 Å². The molecule has 0 aromatic rings. The number of hydrogen-bond acceptors (Lipinski definition) is 3. The zero-order valence-electron chi connectivity index (χ0n) is 9.14. The van der Waals surface area contributed by atoms with E-state index in [-0.39, 0.29) is 0 Å². The highest BCUT2D eigenvalue weighted by molar-refractivity contribution is 9.25. The highest BCUT2D eigenvalue weighted by atomic mass is 79.9. The molecule has 0 aromatic heterocycles. The maximum atomic E-state index is 5.37. The van der Waals surface area contributed by atoms with Crippen molar-refractivity contribution in [3.8, 4) is 0 Å². The molecule has 0 aliphatic heterocycles. The van der Waals surface area contributed by atoms with Crippen LogP contribution in [-0.2, 0) is 13.6 Å². The molecule has 14 heavy (non-hydrogen) atoms. The average molecular weight is 283 g/mol. The van der Waals surface area contributed by atoms with Crippen molar-refractivity contribution in [2.75, 3.05) is 27.4 Å². The maximum Gasteiger partial charge on any atom is 0.413 e. The van der Waals surface area contributed by atoms with Crippen molar-refractivity contribution in [3.63, 3.8) is 0 Å². The van der Waals surface area contributed by atoms with Gasteiger partial charge in [0.1, 0.15) is 0 Å². The highest BCUT2D eigenvalue weighted by Crippen LogP contribution is 2.20. The summed E-state index contributed by atoms with van der Waals surface area (Å²) in [7, 11) is 1.27. The first-order chi connectivity index (χ1) is 6.54. The van der Waals surface area contributed by atoms with E-state index in [0.29, 0.717) is 6.61 Å². The van der Waals surface area contributed by atoms with Crippen LogP contribution in [0.15, 0.2) is 12.2 Å². The average Bonchev–Trinajstić information content (AvgIpc) is 2.16. The van der Waals surface area contributed by atoms with Crippen LogP contribution >= 0.6 is 15.3 Å². The van der Waals surface area contributed by atoms with E-state index in [2.05, 4.69) is 21.9 Å². The van der Waals surface area contributed by atoms with Crippen molar-refractivity contribution in [3.05, 3.63) is 12.2 Å². The van der Waals surface area contributed by atoms with Crippen molar-refractivity contribution >= 4 is 22.5 Å². The zero-order chi connectivity index (χ0) is 11.0. The van der Waals surface area contributed by atoms with E-state index in [1.165, 1.54) is 0 Å². The van der Waals surface area contributed by atoms with Gasteiger partial charge < -0.3 is 13.6 Å². The van der Waals surface area contributed by atoms with Crippen LogP contribution in [-0.4, -0.2) is 34.6 Å². The Morgan fingerprint density at radius 3 is 2.36 bits per heavy atom. The summed E-state index contributed by atoms with van der Waals surface area (Å²) >= 11 is 3.49. The summed E-state index contributed by atoms with van der Waals surface area (Å²) in [6, 6.07) is 0.885. The van der Waals surface area contributed by atoms with Crippen LogP contribution in [0.3, 0.4) is 0 Å². The van der Waals surface area contributed by atoms with Gasteiger partial charge in [0, 0.05) is 26.9 Å². The van der Waals surface area contributed by atoms with E-state index in [1.54, 1.807) is 14.2 Å². The van der Waals surface area contributed by atoms with Crippen LogP contribution in [0.1, 0.15) is 13.3 Å². The molecular weight excluding hydrogens is 264 g/mol. The minimum Gasteiger partial charge on any atom is -0.390 e. The lowest BCUT2D eigenvalue weighted by molar-refractivity contribution is 0.154. The Morgan fingerprint density at radius 2 is 1.93 bits per heavy atom. The fourth-order valence-electron chi connectivity index (χ4n) is 0.919. The lowest BCUT2D eigenvalue weighted by Gasteiger charge is -2.19. The van der Waals surface area contributed by atoms with E-state index in [9.17, 15) is 0 Å². The van der Waals surface area contributed by atoms with Gasteiger partial charge in [-0.25, -0.2) is 0 Å². The molecule has 0 atom stereocenters. The monoisotopic (exact) mass is 282 g/mol. The maximum absolute atomic E-state index is 5.37. The quantitative estimate of drug-likeness (QED) is 0.296. The molecule has 5 heteroatoms. The lowest BCUT2D eigenvalue weighted by Crippen LogP contribution is -2.32. The highest BCUT2D eigenvalue weighted by Gasteiger charge is 2.31. The fraction of sp³-hybridized carbons (Fsp3) is 0.778. The second-order valence-corrected chi connectivity index (χ2v) is 9.44. The largest absolute Gasteiger partial charge is 0.413 e. The van der Waals surface area contributed by atoms with Gasteiger partial charge in [-0.3, -0.25) is 0 Å². The van der Waals surface area contributed by atoms with Gasteiger partial charge in [-0.05, 0) is 13.3 Å². The SMILES string of the molecule is C=C(C)COCCC[Si](Br)(OC)OC. The number of halogens is 1. The first-order valence-corrected chi connectivity index (χ1v) is 8.83. The normalized spacial score (nSPS) is 11.7. The summed E-state index contributed by atoms with van der Waals surface area (Å²) in [6.45, 7) is 7.07. The Morgan fingerprint density at radius 1 is 1.36 bits per heavy atom. The van der Waals surface area contributed by atoms with E-state index in [1.807, 2.05) is 6.92 Å². The fourth-order valence-corrected chi connectivity index (χ4v) is 2.90. The molecule has 0 aliphatic rings. The molecule has 84 valence electrons. The van der Waals surface area contributed by atoms with E-state index in [0.717, 1.165) is 24.6 Å². The van der Waals surface area contributed by atoms with Crippen LogP contribution in [0.5, 0.6) is 0 Å². The lowest BCUT2D eigenvalue weighted by atomic mass is 10.4. The molecule has 0 rings (SSSR count). The van der Waals surface area contributed by atoms with Crippen molar-refractivity contribution in [1.82, 2.24) is 0 Å². The van der Waals surface area contributed by atoms with Crippen LogP contribution in [0.4, 0.5) is 0 Å². The third kappa shape index (κ3) is 6.72. The topological polar surface area (TPSA) is 27.7 Å². The van der Waals surface area contributed by atoms with Gasteiger partial charge in [0.15, 0.2) is 0 Å². The zero-order valence-corrected chi connectivity index (χ0v) is 11.7. The van der Waals surface area contributed by atoms with Gasteiger partial charge in [0.25, 0.3) is 0 Å². The summed E-state index contributed by atoms with van der Waals surface area (Å²) in [5.74, 6) is 0. The van der Waals surface area contributed by atoms with Crippen LogP contribution < -0.4 is 0 Å². The minimum atomic E-state index is -2.06. The molecular formula is C9H19BrO3Si. The number of rotatable bonds is 8. The molecule has 0 saturated carbocycles. The molecule has 3 nitrogen and oxygen atoms in total. The molecule has 0 heterocycles. The third-order valence-electron chi connectivity index (χ3n) is 1.72. The van der Waals surface area contributed by atoms with Crippen molar-refractivity contribution in [2.45, 2.75) is 19.4 Å². The summed E-state index contributed by atoms with van der Waals surface area (Å²) in [5.41, 5.74) is 1.05. The van der Waals surface area contributed by atoms with Gasteiger partial charge >= 0.3 is 7.18 Å².